The number of hydrogen-bond acceptors (Lipinski definition) is 6. The van der Waals surface area contributed by atoms with Gasteiger partial charge in [-0.2, -0.15) is 0 Å². The third-order valence-corrected chi connectivity index (χ3v) is 4.34. The van der Waals surface area contributed by atoms with E-state index >= 15 is 0 Å². The van der Waals surface area contributed by atoms with Crippen LogP contribution in [0, 0.1) is 0 Å². The molecule has 0 aromatic carbocycles. The standard InChI is InChI=1S/C10H18N3O3P/c1-3-15-17(14,16-4-2)10(12)8-6-5-7-13-9(8)11/h5-7,10H,3-4,12H2,1-2H3,(H2,11,13)/t10-/m0/s1. The van der Waals surface area contributed by atoms with Gasteiger partial charge in [0, 0.05) is 11.8 Å². The number of anilines is 1. The van der Waals surface area contributed by atoms with E-state index in [0.29, 0.717) is 5.56 Å². The molecule has 1 heterocycles. The number of pyridine rings is 1. The topological polar surface area (TPSA) is 100 Å². The van der Waals surface area contributed by atoms with Crippen LogP contribution in [-0.2, 0) is 13.6 Å². The fraction of sp³-hybridized carbons (Fsp3) is 0.500. The van der Waals surface area contributed by atoms with E-state index in [-0.39, 0.29) is 19.0 Å². The summed E-state index contributed by atoms with van der Waals surface area (Å²) < 4.78 is 22.7. The molecular weight excluding hydrogens is 241 g/mol. The van der Waals surface area contributed by atoms with Crippen LogP contribution in [0.5, 0.6) is 0 Å². The van der Waals surface area contributed by atoms with Crippen molar-refractivity contribution >= 4 is 13.4 Å². The minimum Gasteiger partial charge on any atom is -0.383 e. The molecular formula is C10H18N3O3P. The molecule has 1 aromatic rings. The molecule has 0 saturated carbocycles. The monoisotopic (exact) mass is 259 g/mol. The smallest absolute Gasteiger partial charge is 0.351 e. The van der Waals surface area contributed by atoms with Crippen molar-refractivity contribution in [1.82, 2.24) is 4.98 Å². The number of aromatic nitrogens is 1. The lowest BCUT2D eigenvalue weighted by Gasteiger charge is -2.23. The Morgan fingerprint density at radius 1 is 1.41 bits per heavy atom. The molecule has 0 saturated heterocycles. The van der Waals surface area contributed by atoms with Gasteiger partial charge in [0.15, 0.2) is 0 Å². The van der Waals surface area contributed by atoms with Gasteiger partial charge in [-0.3, -0.25) is 4.57 Å². The highest BCUT2D eigenvalue weighted by atomic mass is 31.2. The van der Waals surface area contributed by atoms with E-state index in [9.17, 15) is 4.57 Å². The van der Waals surface area contributed by atoms with Crippen molar-refractivity contribution in [2.45, 2.75) is 19.6 Å². The molecule has 6 nitrogen and oxygen atoms in total. The fourth-order valence-corrected chi connectivity index (χ4v) is 3.08. The SMILES string of the molecule is CCOP(=O)(OCC)[C@H](N)c1cccnc1N. The first-order valence-electron chi connectivity index (χ1n) is 5.40. The van der Waals surface area contributed by atoms with E-state index < -0.39 is 13.4 Å². The van der Waals surface area contributed by atoms with Crippen LogP contribution in [0.2, 0.25) is 0 Å². The maximum absolute atomic E-state index is 12.4. The molecule has 0 unspecified atom stereocenters. The molecule has 0 amide bonds. The Kier molecular flexibility index (Phi) is 5.08. The van der Waals surface area contributed by atoms with Gasteiger partial charge in [0.1, 0.15) is 11.6 Å². The third kappa shape index (κ3) is 3.26. The zero-order chi connectivity index (χ0) is 12.9. The summed E-state index contributed by atoms with van der Waals surface area (Å²) in [6.45, 7) is 3.96. The molecule has 4 N–H and O–H groups in total. The number of nitrogens with two attached hydrogens (primary N) is 2. The van der Waals surface area contributed by atoms with Crippen LogP contribution >= 0.6 is 7.60 Å². The van der Waals surface area contributed by atoms with Gasteiger partial charge in [0.2, 0.25) is 0 Å². The van der Waals surface area contributed by atoms with Gasteiger partial charge in [0.05, 0.1) is 13.2 Å². The van der Waals surface area contributed by atoms with Crippen molar-refractivity contribution in [2.75, 3.05) is 18.9 Å². The molecule has 0 aliphatic carbocycles. The first kappa shape index (κ1) is 14.1. The lowest BCUT2D eigenvalue weighted by atomic mass is 10.2. The van der Waals surface area contributed by atoms with Crippen LogP contribution in [-0.4, -0.2) is 18.2 Å². The van der Waals surface area contributed by atoms with Gasteiger partial charge < -0.3 is 20.5 Å². The summed E-state index contributed by atoms with van der Waals surface area (Å²) in [5.74, 6) is -0.685. The van der Waals surface area contributed by atoms with Gasteiger partial charge in [-0.25, -0.2) is 4.98 Å². The van der Waals surface area contributed by atoms with Crippen LogP contribution in [0.4, 0.5) is 5.82 Å². The molecule has 96 valence electrons. The maximum atomic E-state index is 12.4. The van der Waals surface area contributed by atoms with Crippen molar-refractivity contribution < 1.29 is 13.6 Å². The van der Waals surface area contributed by atoms with E-state index in [1.165, 1.54) is 6.20 Å². The summed E-state index contributed by atoms with van der Waals surface area (Å²) in [7, 11) is -3.40. The highest BCUT2D eigenvalue weighted by molar-refractivity contribution is 7.54. The van der Waals surface area contributed by atoms with Crippen LogP contribution < -0.4 is 11.5 Å². The van der Waals surface area contributed by atoms with E-state index in [1.54, 1.807) is 26.0 Å². The van der Waals surface area contributed by atoms with Gasteiger partial charge in [-0.05, 0) is 19.9 Å². The molecule has 0 aliphatic heterocycles. The van der Waals surface area contributed by atoms with Crippen LogP contribution in [0.3, 0.4) is 0 Å². The summed E-state index contributed by atoms with van der Waals surface area (Å²) in [6.07, 6.45) is 1.54. The highest BCUT2D eigenvalue weighted by Crippen LogP contribution is 2.58. The van der Waals surface area contributed by atoms with Crippen LogP contribution in [0.1, 0.15) is 25.2 Å². The Bertz CT molecular complexity index is 404. The predicted octanol–water partition coefficient (Wildman–Crippen LogP) is 1.89. The summed E-state index contributed by atoms with van der Waals surface area (Å²) in [5.41, 5.74) is 12.1. The second kappa shape index (κ2) is 6.12. The predicted molar refractivity (Wildman–Crippen MR) is 66.4 cm³/mol. The number of rotatable bonds is 6. The zero-order valence-electron chi connectivity index (χ0n) is 10.00. The van der Waals surface area contributed by atoms with E-state index in [0.717, 1.165) is 0 Å². The van der Waals surface area contributed by atoms with Crippen molar-refractivity contribution in [1.29, 1.82) is 0 Å². The lowest BCUT2D eigenvalue weighted by molar-refractivity contribution is 0.212. The average molecular weight is 259 g/mol. The number of hydrogen-bond donors (Lipinski definition) is 2. The Balaban J connectivity index is 3.04. The second-order valence-corrected chi connectivity index (χ2v) is 5.45. The van der Waals surface area contributed by atoms with Gasteiger partial charge >= 0.3 is 7.60 Å². The first-order chi connectivity index (χ1) is 8.05. The minimum absolute atomic E-state index is 0.236. The lowest BCUT2D eigenvalue weighted by Crippen LogP contribution is -2.17. The Morgan fingerprint density at radius 2 is 2.00 bits per heavy atom. The molecule has 0 aliphatic rings. The highest BCUT2D eigenvalue weighted by Gasteiger charge is 2.35. The second-order valence-electron chi connectivity index (χ2n) is 3.30. The normalized spacial score (nSPS) is 13.6. The molecule has 0 spiro atoms. The quantitative estimate of drug-likeness (QED) is 0.756. The summed E-state index contributed by atoms with van der Waals surface area (Å²) in [5, 5.41) is 0. The molecule has 1 aromatic heterocycles. The van der Waals surface area contributed by atoms with Gasteiger partial charge in [0.25, 0.3) is 0 Å². The van der Waals surface area contributed by atoms with Gasteiger partial charge in [-0.15, -0.1) is 0 Å². The number of nitrogens with zero attached hydrogens (tertiary/aromatic N) is 1. The van der Waals surface area contributed by atoms with E-state index in [1.807, 2.05) is 0 Å². The Hall–Kier alpha value is -0.940. The van der Waals surface area contributed by atoms with E-state index in [4.69, 9.17) is 20.5 Å². The molecule has 0 bridgehead atoms. The van der Waals surface area contributed by atoms with Crippen molar-refractivity contribution in [2.24, 2.45) is 5.73 Å². The summed E-state index contributed by atoms with van der Waals surface area (Å²) >= 11 is 0. The van der Waals surface area contributed by atoms with Crippen molar-refractivity contribution in [3.05, 3.63) is 23.9 Å². The maximum Gasteiger partial charge on any atom is 0.351 e. The van der Waals surface area contributed by atoms with E-state index in [2.05, 4.69) is 4.98 Å². The molecule has 1 atom stereocenters. The summed E-state index contributed by atoms with van der Waals surface area (Å²) in [6, 6.07) is 3.34. The molecule has 7 heteroatoms. The van der Waals surface area contributed by atoms with Crippen molar-refractivity contribution in [3.8, 4) is 0 Å². The first-order valence-corrected chi connectivity index (χ1v) is 7.01. The molecule has 1 rings (SSSR count). The third-order valence-electron chi connectivity index (χ3n) is 2.15. The summed E-state index contributed by atoms with van der Waals surface area (Å²) in [4.78, 5) is 3.90. The Morgan fingerprint density at radius 3 is 2.47 bits per heavy atom. The Labute approximate surface area is 101 Å². The average Bonchev–Trinajstić information content (AvgIpc) is 2.29. The molecule has 17 heavy (non-hydrogen) atoms. The minimum atomic E-state index is -3.40. The van der Waals surface area contributed by atoms with Gasteiger partial charge in [-0.1, -0.05) is 6.07 Å². The van der Waals surface area contributed by atoms with Crippen LogP contribution in [0.15, 0.2) is 18.3 Å². The number of nitrogen functional groups attached to an aromatic ring is 1. The fourth-order valence-electron chi connectivity index (χ4n) is 1.41. The molecule has 0 fully saturated rings. The largest absolute Gasteiger partial charge is 0.383 e. The van der Waals surface area contributed by atoms with Crippen molar-refractivity contribution in [3.63, 3.8) is 0 Å². The molecule has 0 radical (unpaired) electrons. The van der Waals surface area contributed by atoms with Crippen LogP contribution in [0.25, 0.3) is 0 Å². The zero-order valence-corrected chi connectivity index (χ0v) is 10.9.